The van der Waals surface area contributed by atoms with Crippen molar-refractivity contribution in [3.05, 3.63) is 59.4 Å². The van der Waals surface area contributed by atoms with Crippen LogP contribution in [0.25, 0.3) is 16.9 Å². The highest BCUT2D eigenvalue weighted by atomic mass is 35.5. The van der Waals surface area contributed by atoms with Crippen LogP contribution in [0.4, 0.5) is 0 Å². The van der Waals surface area contributed by atoms with Crippen molar-refractivity contribution in [2.24, 2.45) is 0 Å². The zero-order valence-electron chi connectivity index (χ0n) is 15.0. The molecule has 134 valence electrons. The first-order valence-corrected chi connectivity index (χ1v) is 9.73. The Kier molecular flexibility index (Phi) is 4.00. The van der Waals surface area contributed by atoms with E-state index in [1.54, 1.807) is 0 Å². The summed E-state index contributed by atoms with van der Waals surface area (Å²) < 4.78 is 2.25. The number of fused-ring (bicyclic) bond motifs is 4. The predicted octanol–water partition coefficient (Wildman–Crippen LogP) is 3.93. The number of hydrogen-bond donors (Lipinski definition) is 0. The Hall–Kier alpha value is -1.88. The number of piperidine rings is 2. The number of nitrogens with zero attached hydrogens (tertiary/aromatic N) is 4. The quantitative estimate of drug-likeness (QED) is 0.701. The van der Waals surface area contributed by atoms with Crippen molar-refractivity contribution < 1.29 is 0 Å². The first kappa shape index (κ1) is 16.3. The van der Waals surface area contributed by atoms with Crippen LogP contribution >= 0.6 is 11.6 Å². The van der Waals surface area contributed by atoms with E-state index in [9.17, 15) is 0 Å². The van der Waals surface area contributed by atoms with Crippen molar-refractivity contribution in [3.8, 4) is 11.3 Å². The van der Waals surface area contributed by atoms with E-state index in [1.165, 1.54) is 25.1 Å². The van der Waals surface area contributed by atoms with Crippen LogP contribution < -0.4 is 0 Å². The van der Waals surface area contributed by atoms with Gasteiger partial charge >= 0.3 is 0 Å². The second kappa shape index (κ2) is 6.38. The smallest absolute Gasteiger partial charge is 0.137 e. The second-order valence-electron chi connectivity index (χ2n) is 7.60. The molecule has 0 spiro atoms. The van der Waals surface area contributed by atoms with E-state index in [1.807, 2.05) is 12.1 Å². The van der Waals surface area contributed by atoms with Gasteiger partial charge in [0, 0.05) is 48.5 Å². The Labute approximate surface area is 159 Å². The Balaban J connectivity index is 1.56. The number of pyridine rings is 1. The number of hydrogen-bond acceptors (Lipinski definition) is 3. The molecule has 3 saturated heterocycles. The van der Waals surface area contributed by atoms with Crippen LogP contribution in [0.15, 0.2) is 48.7 Å². The molecule has 5 heterocycles. The number of piperazine rings is 1. The molecular formula is C21H23ClN4. The monoisotopic (exact) mass is 366 g/mol. The fraction of sp³-hybridized carbons (Fsp3) is 0.381. The van der Waals surface area contributed by atoms with Gasteiger partial charge in [-0.05, 0) is 44.2 Å². The third-order valence-corrected chi connectivity index (χ3v) is 6.27. The van der Waals surface area contributed by atoms with E-state index in [2.05, 4.69) is 57.8 Å². The molecule has 26 heavy (non-hydrogen) atoms. The normalized spacial score (nSPS) is 23.8. The molecule has 2 bridgehead atoms. The number of benzene rings is 1. The van der Waals surface area contributed by atoms with E-state index in [4.69, 9.17) is 16.6 Å². The third-order valence-electron chi connectivity index (χ3n) is 6.02. The standard InChI is InChI=1S/C21H23ClN4/c1-24-12-18-10-9-17(24)13-25(18)14-19-21(15-5-7-16(22)8-6-15)23-20-4-2-3-11-26(19)20/h2-8,11,17-18H,9-10,12-14H2,1H3/t17-,18+/m0/s1. The summed E-state index contributed by atoms with van der Waals surface area (Å²) in [6, 6.07) is 15.6. The van der Waals surface area contributed by atoms with Crippen molar-refractivity contribution in [2.45, 2.75) is 31.5 Å². The fourth-order valence-electron chi connectivity index (χ4n) is 4.55. The third kappa shape index (κ3) is 2.73. The Morgan fingerprint density at radius 1 is 1.04 bits per heavy atom. The Morgan fingerprint density at radius 3 is 2.58 bits per heavy atom. The highest BCUT2D eigenvalue weighted by molar-refractivity contribution is 6.30. The number of imidazole rings is 1. The summed E-state index contributed by atoms with van der Waals surface area (Å²) in [6.45, 7) is 3.27. The summed E-state index contributed by atoms with van der Waals surface area (Å²) in [5.74, 6) is 0. The lowest BCUT2D eigenvalue weighted by molar-refractivity contribution is -0.0117. The van der Waals surface area contributed by atoms with E-state index in [0.717, 1.165) is 35.0 Å². The lowest BCUT2D eigenvalue weighted by Crippen LogP contribution is -2.60. The molecule has 3 fully saturated rings. The van der Waals surface area contributed by atoms with Gasteiger partial charge in [-0.25, -0.2) is 4.98 Å². The van der Waals surface area contributed by atoms with Crippen LogP contribution in [0.3, 0.4) is 0 Å². The zero-order valence-corrected chi connectivity index (χ0v) is 15.7. The molecule has 0 saturated carbocycles. The van der Waals surface area contributed by atoms with Gasteiger partial charge in [0.2, 0.25) is 0 Å². The maximum Gasteiger partial charge on any atom is 0.137 e. The molecular weight excluding hydrogens is 344 g/mol. The van der Waals surface area contributed by atoms with Gasteiger partial charge in [-0.2, -0.15) is 0 Å². The lowest BCUT2D eigenvalue weighted by atomic mass is 9.91. The molecule has 3 aromatic rings. The van der Waals surface area contributed by atoms with Crippen LogP contribution in [0.1, 0.15) is 18.5 Å². The summed E-state index contributed by atoms with van der Waals surface area (Å²) in [6.07, 6.45) is 4.77. The van der Waals surface area contributed by atoms with Crippen molar-refractivity contribution in [2.75, 3.05) is 20.1 Å². The minimum atomic E-state index is 0.650. The molecule has 0 amide bonds. The van der Waals surface area contributed by atoms with Gasteiger partial charge in [-0.15, -0.1) is 0 Å². The van der Waals surface area contributed by atoms with Gasteiger partial charge in [0.05, 0.1) is 11.4 Å². The first-order chi connectivity index (χ1) is 12.7. The SMILES string of the molecule is CN1C[C@H]2CC[C@H]1CN2Cc1c(-c2ccc(Cl)cc2)nc2ccccn12. The molecule has 5 heteroatoms. The van der Waals surface area contributed by atoms with Gasteiger partial charge in [0.25, 0.3) is 0 Å². The van der Waals surface area contributed by atoms with Crippen LogP contribution in [-0.4, -0.2) is 51.4 Å². The van der Waals surface area contributed by atoms with E-state index in [-0.39, 0.29) is 0 Å². The van der Waals surface area contributed by atoms with Crippen molar-refractivity contribution in [3.63, 3.8) is 0 Å². The average Bonchev–Trinajstić information content (AvgIpc) is 3.02. The molecule has 0 radical (unpaired) electrons. The maximum absolute atomic E-state index is 6.09. The molecule has 3 aliphatic heterocycles. The topological polar surface area (TPSA) is 23.8 Å². The molecule has 1 aromatic carbocycles. The predicted molar refractivity (Wildman–Crippen MR) is 105 cm³/mol. The van der Waals surface area contributed by atoms with Gasteiger partial charge < -0.3 is 9.30 Å². The second-order valence-corrected chi connectivity index (χ2v) is 8.03. The van der Waals surface area contributed by atoms with E-state index in [0.29, 0.717) is 12.1 Å². The summed E-state index contributed by atoms with van der Waals surface area (Å²) in [4.78, 5) is 10.1. The highest BCUT2D eigenvalue weighted by Crippen LogP contribution is 2.32. The molecule has 0 aliphatic carbocycles. The fourth-order valence-corrected chi connectivity index (χ4v) is 4.68. The molecule has 2 atom stereocenters. The highest BCUT2D eigenvalue weighted by Gasteiger charge is 2.37. The minimum Gasteiger partial charge on any atom is -0.302 e. The molecule has 4 nitrogen and oxygen atoms in total. The van der Waals surface area contributed by atoms with Crippen molar-refractivity contribution >= 4 is 17.2 Å². The Morgan fingerprint density at radius 2 is 1.85 bits per heavy atom. The summed E-state index contributed by atoms with van der Waals surface area (Å²) in [5.41, 5.74) is 4.49. The number of likely N-dealkylation sites (N-methyl/N-ethyl adjacent to an activating group) is 1. The van der Waals surface area contributed by atoms with Crippen LogP contribution in [-0.2, 0) is 6.54 Å². The lowest BCUT2D eigenvalue weighted by Gasteiger charge is -2.50. The van der Waals surface area contributed by atoms with Crippen LogP contribution in [0, 0.1) is 0 Å². The van der Waals surface area contributed by atoms with Gasteiger partial charge in [0.1, 0.15) is 5.65 Å². The van der Waals surface area contributed by atoms with Gasteiger partial charge in [-0.1, -0.05) is 29.8 Å². The maximum atomic E-state index is 6.09. The molecule has 2 aromatic heterocycles. The molecule has 3 aliphatic rings. The number of aromatic nitrogens is 2. The van der Waals surface area contributed by atoms with Gasteiger partial charge in [-0.3, -0.25) is 4.90 Å². The number of halogens is 1. The Bertz CT molecular complexity index is 933. The van der Waals surface area contributed by atoms with E-state index >= 15 is 0 Å². The molecule has 6 rings (SSSR count). The average molecular weight is 367 g/mol. The number of rotatable bonds is 3. The minimum absolute atomic E-state index is 0.650. The summed E-state index contributed by atoms with van der Waals surface area (Å²) >= 11 is 6.09. The summed E-state index contributed by atoms with van der Waals surface area (Å²) in [7, 11) is 2.27. The van der Waals surface area contributed by atoms with Gasteiger partial charge in [0.15, 0.2) is 0 Å². The van der Waals surface area contributed by atoms with Crippen molar-refractivity contribution in [1.29, 1.82) is 0 Å². The molecule has 0 unspecified atom stereocenters. The van der Waals surface area contributed by atoms with Crippen LogP contribution in [0.2, 0.25) is 5.02 Å². The first-order valence-electron chi connectivity index (χ1n) is 9.35. The van der Waals surface area contributed by atoms with E-state index < -0.39 is 0 Å². The molecule has 0 N–H and O–H groups in total. The zero-order chi connectivity index (χ0) is 17.7. The summed E-state index contributed by atoms with van der Waals surface area (Å²) in [5, 5.41) is 0.760. The largest absolute Gasteiger partial charge is 0.302 e. The van der Waals surface area contributed by atoms with Crippen molar-refractivity contribution in [1.82, 2.24) is 19.2 Å². The van der Waals surface area contributed by atoms with Crippen LogP contribution in [0.5, 0.6) is 0 Å².